The Bertz CT molecular complexity index is 219. The van der Waals surface area contributed by atoms with Crippen molar-refractivity contribution in [1.29, 1.82) is 0 Å². The van der Waals surface area contributed by atoms with Crippen molar-refractivity contribution in [1.82, 2.24) is 4.90 Å². The average molecular weight is 203 g/mol. The van der Waals surface area contributed by atoms with Crippen LogP contribution in [-0.2, 0) is 9.59 Å². The average Bonchev–Trinajstić information content (AvgIpc) is 2.08. The Labute approximate surface area is 81.3 Å². The Morgan fingerprint density at radius 2 is 2.46 bits per heavy atom. The van der Waals surface area contributed by atoms with Gasteiger partial charge in [-0.2, -0.15) is 0 Å². The van der Waals surface area contributed by atoms with E-state index in [2.05, 4.69) is 0 Å². The lowest BCUT2D eigenvalue weighted by Crippen LogP contribution is -2.50. The van der Waals surface area contributed by atoms with Gasteiger partial charge in [0.1, 0.15) is 6.04 Å². The lowest BCUT2D eigenvalue weighted by molar-refractivity contribution is -0.148. The van der Waals surface area contributed by atoms with E-state index in [4.69, 9.17) is 5.11 Å². The van der Waals surface area contributed by atoms with Gasteiger partial charge in [0.05, 0.1) is 5.75 Å². The molecule has 1 rings (SSSR count). The van der Waals surface area contributed by atoms with Crippen molar-refractivity contribution in [3.05, 3.63) is 0 Å². The molecule has 1 atom stereocenters. The number of hydrogen-bond donors (Lipinski definition) is 1. The molecule has 1 heterocycles. The van der Waals surface area contributed by atoms with Gasteiger partial charge < -0.3 is 10.0 Å². The Hall–Kier alpha value is -0.710. The molecule has 1 saturated heterocycles. The molecule has 1 aliphatic heterocycles. The maximum Gasteiger partial charge on any atom is 0.327 e. The normalized spacial score (nSPS) is 23.3. The molecular formula is C8H13NO3S. The van der Waals surface area contributed by atoms with Gasteiger partial charge in [0.15, 0.2) is 0 Å². The Morgan fingerprint density at radius 3 is 3.00 bits per heavy atom. The molecule has 0 spiro atoms. The van der Waals surface area contributed by atoms with Crippen molar-refractivity contribution >= 4 is 23.6 Å². The van der Waals surface area contributed by atoms with Gasteiger partial charge in [-0.15, -0.1) is 11.8 Å². The molecule has 0 radical (unpaired) electrons. The van der Waals surface area contributed by atoms with Crippen LogP contribution in [0.2, 0.25) is 0 Å². The van der Waals surface area contributed by atoms with Crippen molar-refractivity contribution in [3.63, 3.8) is 0 Å². The van der Waals surface area contributed by atoms with Gasteiger partial charge >= 0.3 is 5.97 Å². The number of carboxylic acid groups (broad SMARTS) is 1. The molecule has 1 fully saturated rings. The number of carbonyl (C=O) groups excluding carboxylic acids is 1. The molecule has 1 amide bonds. The highest BCUT2D eigenvalue weighted by molar-refractivity contribution is 8.00. The van der Waals surface area contributed by atoms with E-state index < -0.39 is 12.0 Å². The summed E-state index contributed by atoms with van der Waals surface area (Å²) in [5.74, 6) is -0.00954. The smallest absolute Gasteiger partial charge is 0.327 e. The molecule has 13 heavy (non-hydrogen) atoms. The number of carboxylic acids is 1. The highest BCUT2D eigenvalue weighted by Gasteiger charge is 2.32. The van der Waals surface area contributed by atoms with Gasteiger partial charge in [-0.1, -0.05) is 6.92 Å². The first-order valence-electron chi connectivity index (χ1n) is 4.26. The standard InChI is InChI=1S/C8H13NO3S/c1-2-3-9-6(8(11)12)4-13-5-7(9)10/h6H,2-5H2,1H3,(H,11,12). The lowest BCUT2D eigenvalue weighted by Gasteiger charge is -2.32. The van der Waals surface area contributed by atoms with Crippen molar-refractivity contribution < 1.29 is 14.7 Å². The summed E-state index contributed by atoms with van der Waals surface area (Å²) >= 11 is 1.40. The predicted octanol–water partition coefficient (Wildman–Crippen LogP) is 0.425. The summed E-state index contributed by atoms with van der Waals surface area (Å²) in [6, 6.07) is -0.619. The van der Waals surface area contributed by atoms with E-state index in [-0.39, 0.29) is 5.91 Å². The van der Waals surface area contributed by atoms with Crippen LogP contribution >= 0.6 is 11.8 Å². The van der Waals surface area contributed by atoms with Gasteiger partial charge in [0.25, 0.3) is 0 Å². The minimum absolute atomic E-state index is 0.0505. The zero-order valence-electron chi connectivity index (χ0n) is 7.52. The molecule has 5 heteroatoms. The predicted molar refractivity (Wildman–Crippen MR) is 50.8 cm³/mol. The number of nitrogens with zero attached hydrogens (tertiary/aromatic N) is 1. The van der Waals surface area contributed by atoms with Gasteiger partial charge in [0.2, 0.25) is 5.91 Å². The number of rotatable bonds is 3. The number of thioether (sulfide) groups is 1. The van der Waals surface area contributed by atoms with E-state index in [1.54, 1.807) is 0 Å². The van der Waals surface area contributed by atoms with Crippen molar-refractivity contribution in [2.45, 2.75) is 19.4 Å². The second-order valence-electron chi connectivity index (χ2n) is 2.96. The van der Waals surface area contributed by atoms with Crippen LogP contribution in [0.3, 0.4) is 0 Å². The molecule has 1 aliphatic rings. The first kappa shape index (κ1) is 10.4. The molecule has 4 nitrogen and oxygen atoms in total. The van der Waals surface area contributed by atoms with E-state index in [1.165, 1.54) is 16.7 Å². The van der Waals surface area contributed by atoms with E-state index in [0.29, 0.717) is 18.1 Å². The first-order chi connectivity index (χ1) is 6.16. The maximum atomic E-state index is 11.3. The fourth-order valence-corrected chi connectivity index (χ4v) is 2.33. The quantitative estimate of drug-likeness (QED) is 0.722. The van der Waals surface area contributed by atoms with Crippen LogP contribution in [0.5, 0.6) is 0 Å². The maximum absolute atomic E-state index is 11.3. The van der Waals surface area contributed by atoms with Crippen molar-refractivity contribution in [3.8, 4) is 0 Å². The number of hydrogen-bond acceptors (Lipinski definition) is 3. The molecule has 0 aromatic heterocycles. The Balaban J connectivity index is 2.67. The third-order valence-electron chi connectivity index (χ3n) is 1.95. The topological polar surface area (TPSA) is 57.6 Å². The highest BCUT2D eigenvalue weighted by Crippen LogP contribution is 2.17. The van der Waals surface area contributed by atoms with E-state index in [1.807, 2.05) is 6.92 Å². The molecule has 0 bridgehead atoms. The summed E-state index contributed by atoms with van der Waals surface area (Å²) in [5.41, 5.74) is 0. The van der Waals surface area contributed by atoms with Gasteiger partial charge in [-0.05, 0) is 6.42 Å². The van der Waals surface area contributed by atoms with Crippen LogP contribution in [0.4, 0.5) is 0 Å². The third-order valence-corrected chi connectivity index (χ3v) is 2.95. The van der Waals surface area contributed by atoms with Crippen molar-refractivity contribution in [2.24, 2.45) is 0 Å². The number of aliphatic carboxylic acids is 1. The fraction of sp³-hybridized carbons (Fsp3) is 0.750. The minimum Gasteiger partial charge on any atom is -0.480 e. The summed E-state index contributed by atoms with van der Waals surface area (Å²) in [4.78, 5) is 23.6. The van der Waals surface area contributed by atoms with E-state index in [9.17, 15) is 9.59 Å². The summed E-state index contributed by atoms with van der Waals surface area (Å²) in [7, 11) is 0. The van der Waals surface area contributed by atoms with Crippen molar-refractivity contribution in [2.75, 3.05) is 18.1 Å². The third kappa shape index (κ3) is 2.37. The van der Waals surface area contributed by atoms with Gasteiger partial charge in [0, 0.05) is 12.3 Å². The zero-order valence-corrected chi connectivity index (χ0v) is 8.34. The largest absolute Gasteiger partial charge is 0.480 e. The van der Waals surface area contributed by atoms with Crippen LogP contribution < -0.4 is 0 Å². The highest BCUT2D eigenvalue weighted by atomic mass is 32.2. The molecular weight excluding hydrogens is 190 g/mol. The molecule has 0 saturated carbocycles. The minimum atomic E-state index is -0.894. The molecule has 74 valence electrons. The van der Waals surface area contributed by atoms with Crippen LogP contribution in [0.15, 0.2) is 0 Å². The van der Waals surface area contributed by atoms with Crippen LogP contribution in [0, 0.1) is 0 Å². The molecule has 1 unspecified atom stereocenters. The number of amides is 1. The van der Waals surface area contributed by atoms with Gasteiger partial charge in [-0.3, -0.25) is 4.79 Å². The first-order valence-corrected chi connectivity index (χ1v) is 5.42. The fourth-order valence-electron chi connectivity index (χ4n) is 1.33. The SMILES string of the molecule is CCCN1C(=O)CSCC1C(=O)O. The zero-order chi connectivity index (χ0) is 9.84. The summed E-state index contributed by atoms with van der Waals surface area (Å²) < 4.78 is 0. The second kappa shape index (κ2) is 4.50. The van der Waals surface area contributed by atoms with Crippen LogP contribution in [0.25, 0.3) is 0 Å². The van der Waals surface area contributed by atoms with Gasteiger partial charge in [-0.25, -0.2) is 4.79 Å². The van der Waals surface area contributed by atoms with Crippen LogP contribution in [0.1, 0.15) is 13.3 Å². The van der Waals surface area contributed by atoms with E-state index in [0.717, 1.165) is 6.42 Å². The Kier molecular flexibility index (Phi) is 3.59. The molecule has 0 aromatic rings. The second-order valence-corrected chi connectivity index (χ2v) is 3.99. The van der Waals surface area contributed by atoms with E-state index >= 15 is 0 Å². The summed E-state index contributed by atoms with van der Waals surface area (Å²) in [5, 5.41) is 8.85. The lowest BCUT2D eigenvalue weighted by atomic mass is 10.2. The monoisotopic (exact) mass is 203 g/mol. The number of carbonyl (C=O) groups is 2. The summed E-state index contributed by atoms with van der Waals surface area (Å²) in [6.07, 6.45) is 0.806. The molecule has 0 aromatic carbocycles. The van der Waals surface area contributed by atoms with Crippen LogP contribution in [-0.4, -0.2) is 46.0 Å². The molecule has 1 N–H and O–H groups in total. The molecule has 0 aliphatic carbocycles. The summed E-state index contributed by atoms with van der Waals surface area (Å²) in [6.45, 7) is 2.49. The Morgan fingerprint density at radius 1 is 1.77 bits per heavy atom.